The summed E-state index contributed by atoms with van der Waals surface area (Å²) in [6.07, 6.45) is -1.09. The van der Waals surface area contributed by atoms with Gasteiger partial charge in [-0.15, -0.1) is 0 Å². The first kappa shape index (κ1) is 21.7. The second kappa shape index (κ2) is 9.06. The van der Waals surface area contributed by atoms with E-state index in [0.29, 0.717) is 22.7 Å². The van der Waals surface area contributed by atoms with Gasteiger partial charge in [-0.3, -0.25) is 4.79 Å². The Morgan fingerprint density at radius 3 is 2.39 bits per heavy atom. The summed E-state index contributed by atoms with van der Waals surface area (Å²) in [7, 11) is 0. The molecule has 2 aromatic rings. The first-order valence-corrected chi connectivity index (χ1v) is 9.33. The fourth-order valence-corrected chi connectivity index (χ4v) is 3.00. The number of benzene rings is 2. The molecular weight excluding hydrogens is 385 g/mol. The van der Waals surface area contributed by atoms with Gasteiger partial charge in [0, 0.05) is 23.2 Å². The highest BCUT2D eigenvalue weighted by molar-refractivity contribution is 6.31. The third-order valence-electron chi connectivity index (χ3n) is 4.33. The van der Waals surface area contributed by atoms with E-state index in [1.807, 2.05) is 20.8 Å². The molecule has 1 N–H and O–H groups in total. The lowest BCUT2D eigenvalue weighted by Crippen LogP contribution is -2.37. The Hall–Kier alpha value is -2.60. The van der Waals surface area contributed by atoms with Crippen LogP contribution in [0, 0.1) is 5.82 Å². The third-order valence-corrected chi connectivity index (χ3v) is 4.56. The minimum Gasteiger partial charge on any atom is -0.479 e. The molecule has 0 fully saturated rings. The molecule has 28 heavy (non-hydrogen) atoms. The number of aliphatic carboxylic acids is 1. The lowest BCUT2D eigenvalue weighted by molar-refractivity contribution is -0.144. The average molecular weight is 408 g/mol. The number of carbonyl (C=O) groups is 2. The molecule has 0 bridgehead atoms. The fourth-order valence-electron chi connectivity index (χ4n) is 2.83. The van der Waals surface area contributed by atoms with Gasteiger partial charge in [0.25, 0.3) is 5.91 Å². The number of rotatable bonds is 7. The van der Waals surface area contributed by atoms with Gasteiger partial charge in [-0.2, -0.15) is 0 Å². The second-order valence-electron chi connectivity index (χ2n) is 6.62. The molecule has 0 radical (unpaired) electrons. The maximum atomic E-state index is 14.8. The zero-order chi connectivity index (χ0) is 21.0. The number of carbonyl (C=O) groups excluding carboxylic acids is 1. The number of hydrogen-bond donors (Lipinski definition) is 1. The van der Waals surface area contributed by atoms with Gasteiger partial charge in [-0.25, -0.2) is 9.18 Å². The highest BCUT2D eigenvalue weighted by Crippen LogP contribution is 2.34. The Bertz CT molecular complexity index is 885. The predicted octanol–water partition coefficient (Wildman–Crippen LogP) is 4.87. The van der Waals surface area contributed by atoms with Gasteiger partial charge in [0.1, 0.15) is 11.6 Å². The van der Waals surface area contributed by atoms with E-state index in [9.17, 15) is 14.0 Å². The van der Waals surface area contributed by atoms with Gasteiger partial charge in [-0.1, -0.05) is 17.7 Å². The van der Waals surface area contributed by atoms with Gasteiger partial charge in [0.2, 0.25) is 0 Å². The number of amides is 1. The quantitative estimate of drug-likeness (QED) is 0.711. The zero-order valence-electron chi connectivity index (χ0n) is 16.2. The second-order valence-corrected chi connectivity index (χ2v) is 7.05. The van der Waals surface area contributed by atoms with Crippen LogP contribution in [-0.4, -0.2) is 40.6 Å². The van der Waals surface area contributed by atoms with Crippen LogP contribution in [0.2, 0.25) is 5.02 Å². The van der Waals surface area contributed by atoms with Crippen LogP contribution in [-0.2, 0) is 4.79 Å². The van der Waals surface area contributed by atoms with Crippen LogP contribution in [0.4, 0.5) is 4.39 Å². The topological polar surface area (TPSA) is 66.8 Å². The fraction of sp³-hybridized carbons (Fsp3) is 0.333. The normalized spacial score (nSPS) is 12.0. The first-order chi connectivity index (χ1) is 13.1. The van der Waals surface area contributed by atoms with E-state index < -0.39 is 17.9 Å². The lowest BCUT2D eigenvalue weighted by atomic mass is 10.0. The summed E-state index contributed by atoms with van der Waals surface area (Å²) >= 11 is 6.06. The molecule has 0 heterocycles. The van der Waals surface area contributed by atoms with Gasteiger partial charge < -0.3 is 14.7 Å². The highest BCUT2D eigenvalue weighted by atomic mass is 35.5. The summed E-state index contributed by atoms with van der Waals surface area (Å²) in [5, 5.41) is 9.46. The highest BCUT2D eigenvalue weighted by Gasteiger charge is 2.22. The minimum absolute atomic E-state index is 0.0253. The average Bonchev–Trinajstić information content (AvgIpc) is 2.63. The molecule has 0 saturated carbocycles. The molecule has 5 nitrogen and oxygen atoms in total. The Balaban J connectivity index is 2.45. The monoisotopic (exact) mass is 407 g/mol. The van der Waals surface area contributed by atoms with Crippen molar-refractivity contribution in [2.45, 2.75) is 39.8 Å². The van der Waals surface area contributed by atoms with E-state index in [2.05, 4.69) is 0 Å². The van der Waals surface area contributed by atoms with Crippen molar-refractivity contribution in [1.29, 1.82) is 0 Å². The van der Waals surface area contributed by atoms with Crippen molar-refractivity contribution < 1.29 is 23.8 Å². The van der Waals surface area contributed by atoms with Gasteiger partial charge in [-0.05, 0) is 63.6 Å². The van der Waals surface area contributed by atoms with E-state index >= 15 is 0 Å². The smallest absolute Gasteiger partial charge is 0.344 e. The molecule has 0 aromatic heterocycles. The van der Waals surface area contributed by atoms with Gasteiger partial charge >= 0.3 is 5.97 Å². The van der Waals surface area contributed by atoms with Crippen molar-refractivity contribution in [2.24, 2.45) is 0 Å². The lowest BCUT2D eigenvalue weighted by Gasteiger charge is -2.25. The standard InChI is InChI=1S/C21H23ClFNO4/c1-5-24(12(2)3)20(25)16-8-6-14(10-18(16)23)17-11-15(22)7-9-19(17)28-13(4)21(26)27/h6-13H,5H2,1-4H3,(H,26,27)/t13-/m0/s1. The van der Waals surface area contributed by atoms with Gasteiger partial charge in [0.05, 0.1) is 5.56 Å². The minimum atomic E-state index is -1.12. The molecule has 0 aliphatic heterocycles. The number of nitrogens with zero attached hydrogens (tertiary/aromatic N) is 1. The van der Waals surface area contributed by atoms with Crippen LogP contribution >= 0.6 is 11.6 Å². The first-order valence-electron chi connectivity index (χ1n) is 8.95. The molecule has 150 valence electrons. The molecule has 0 aliphatic carbocycles. The molecular formula is C21H23ClFNO4. The summed E-state index contributed by atoms with van der Waals surface area (Å²) in [4.78, 5) is 25.3. The van der Waals surface area contributed by atoms with Crippen LogP contribution in [0.15, 0.2) is 36.4 Å². The molecule has 0 saturated heterocycles. The van der Waals surface area contributed by atoms with E-state index in [4.69, 9.17) is 21.4 Å². The molecule has 1 atom stereocenters. The van der Waals surface area contributed by atoms with E-state index in [1.54, 1.807) is 23.1 Å². The Kier molecular flexibility index (Phi) is 7.02. The molecule has 0 unspecified atom stereocenters. The van der Waals surface area contributed by atoms with Crippen LogP contribution < -0.4 is 4.74 Å². The van der Waals surface area contributed by atoms with Crippen LogP contribution in [0.1, 0.15) is 38.1 Å². The van der Waals surface area contributed by atoms with E-state index in [-0.39, 0.29) is 23.3 Å². The molecule has 7 heteroatoms. The van der Waals surface area contributed by atoms with Crippen LogP contribution in [0.5, 0.6) is 5.75 Å². The number of ether oxygens (including phenoxy) is 1. The molecule has 1 amide bonds. The SMILES string of the molecule is CCN(C(=O)c1ccc(-c2cc(Cl)ccc2O[C@@H](C)C(=O)O)cc1F)C(C)C. The summed E-state index contributed by atoms with van der Waals surface area (Å²) in [5.74, 6) is -1.92. The van der Waals surface area contributed by atoms with Crippen LogP contribution in [0.25, 0.3) is 11.1 Å². The van der Waals surface area contributed by atoms with E-state index in [0.717, 1.165) is 0 Å². The van der Waals surface area contributed by atoms with Crippen molar-refractivity contribution in [3.63, 3.8) is 0 Å². The van der Waals surface area contributed by atoms with Crippen molar-refractivity contribution in [2.75, 3.05) is 6.54 Å². The molecule has 0 spiro atoms. The van der Waals surface area contributed by atoms with Crippen molar-refractivity contribution >= 4 is 23.5 Å². The Morgan fingerprint density at radius 2 is 1.86 bits per heavy atom. The molecule has 2 rings (SSSR count). The molecule has 0 aliphatic rings. The third kappa shape index (κ3) is 4.81. The predicted molar refractivity (Wildman–Crippen MR) is 106 cm³/mol. The molecule has 2 aromatic carbocycles. The maximum Gasteiger partial charge on any atom is 0.344 e. The summed E-state index contributed by atoms with van der Waals surface area (Å²) in [6.45, 7) is 7.44. The number of hydrogen-bond acceptors (Lipinski definition) is 3. The van der Waals surface area contributed by atoms with Crippen molar-refractivity contribution in [1.82, 2.24) is 4.90 Å². The zero-order valence-corrected chi connectivity index (χ0v) is 17.0. The van der Waals surface area contributed by atoms with Gasteiger partial charge in [0.15, 0.2) is 6.10 Å². The summed E-state index contributed by atoms with van der Waals surface area (Å²) in [5.41, 5.74) is 0.842. The Labute approximate surface area is 168 Å². The number of halogens is 2. The van der Waals surface area contributed by atoms with Crippen LogP contribution in [0.3, 0.4) is 0 Å². The van der Waals surface area contributed by atoms with Crippen molar-refractivity contribution in [3.05, 3.63) is 52.8 Å². The van der Waals surface area contributed by atoms with Crippen molar-refractivity contribution in [3.8, 4) is 16.9 Å². The summed E-state index contributed by atoms with van der Waals surface area (Å²) in [6, 6.07) is 8.84. The van der Waals surface area contributed by atoms with E-state index in [1.165, 1.54) is 25.1 Å². The number of carboxylic acids is 1. The summed E-state index contributed by atoms with van der Waals surface area (Å²) < 4.78 is 20.2. The number of carboxylic acid groups (broad SMARTS) is 1. The Morgan fingerprint density at radius 1 is 1.18 bits per heavy atom. The largest absolute Gasteiger partial charge is 0.479 e. The maximum absolute atomic E-state index is 14.8.